The topological polar surface area (TPSA) is 62.9 Å². The summed E-state index contributed by atoms with van der Waals surface area (Å²) in [6.45, 7) is 10.8. The Labute approximate surface area is 223 Å². The first-order valence-corrected chi connectivity index (χ1v) is 10.7. The summed E-state index contributed by atoms with van der Waals surface area (Å²) in [5.74, 6) is 0.363. The largest absolute Gasteiger partial charge is 2.00 e. The number of amides is 2. The molecule has 0 radical (unpaired) electrons. The van der Waals surface area contributed by atoms with Gasteiger partial charge in [0.1, 0.15) is 11.9 Å². The van der Waals surface area contributed by atoms with Crippen molar-refractivity contribution in [3.63, 3.8) is 0 Å². The van der Waals surface area contributed by atoms with Crippen LogP contribution in [0.4, 0.5) is 4.79 Å². The Balaban J connectivity index is 0.00000272. The van der Waals surface area contributed by atoms with E-state index in [-0.39, 0.29) is 55.6 Å². The first-order chi connectivity index (χ1) is 14.8. The summed E-state index contributed by atoms with van der Waals surface area (Å²) in [5, 5.41) is 9.08. The third-order valence-corrected chi connectivity index (χ3v) is 6.99. The number of aliphatic imine (C=N–C) groups is 1. The van der Waals surface area contributed by atoms with Crippen LogP contribution in [-0.4, -0.2) is 59.7 Å². The van der Waals surface area contributed by atoms with Crippen molar-refractivity contribution in [1.82, 2.24) is 14.7 Å². The number of allylic oxidation sites excluding steroid dienone is 2. The smallest absolute Gasteiger partial charge is 0.358 e. The van der Waals surface area contributed by atoms with Gasteiger partial charge in [-0.25, -0.2) is 9.79 Å². The second-order valence-electron chi connectivity index (χ2n) is 8.57. The van der Waals surface area contributed by atoms with Gasteiger partial charge in [0.2, 0.25) is 0 Å². The van der Waals surface area contributed by atoms with E-state index in [1.165, 1.54) is 11.8 Å². The summed E-state index contributed by atoms with van der Waals surface area (Å²) in [6.07, 6.45) is 6.81. The maximum atomic E-state index is 13.2. The van der Waals surface area contributed by atoms with Crippen LogP contribution in [0.3, 0.4) is 0 Å². The van der Waals surface area contributed by atoms with E-state index < -0.39 is 0 Å². The second kappa shape index (κ2) is 12.0. The number of nitriles is 1. The molecule has 2 fully saturated rings. The summed E-state index contributed by atoms with van der Waals surface area (Å²) < 4.78 is 0. The van der Waals surface area contributed by atoms with Crippen LogP contribution < -0.4 is 0 Å². The molecular weight excluding hydrogens is 636 g/mol. The average molecular weight is 672 g/mol. The number of rotatable bonds is 6. The molecule has 0 atom stereocenters. The molecule has 0 aromatic heterocycles. The van der Waals surface area contributed by atoms with E-state index in [0.717, 1.165) is 25.7 Å². The molecule has 1 aliphatic carbocycles. The molecule has 1 spiro atoms. The Morgan fingerprint density at radius 1 is 1.27 bits per heavy atom. The van der Waals surface area contributed by atoms with Crippen molar-refractivity contribution in [3.05, 3.63) is 74.3 Å². The molecular formula is C26H35N5OU. The molecule has 33 heavy (non-hydrogen) atoms. The van der Waals surface area contributed by atoms with Gasteiger partial charge in [0.05, 0.1) is 17.7 Å². The van der Waals surface area contributed by atoms with E-state index in [1.807, 2.05) is 11.0 Å². The van der Waals surface area contributed by atoms with Gasteiger partial charge in [0.25, 0.3) is 0 Å². The molecule has 1 heterocycles. The second-order valence-corrected chi connectivity index (χ2v) is 8.57. The van der Waals surface area contributed by atoms with E-state index in [4.69, 9.17) is 5.26 Å². The SMILES string of the molecule is C=C(N=C/C(C#N)=C\C)N1CC2(CCC(c3ccccc3)(N(C)C)CC2)N(C[CH2-])C1=O.[CH3-].[U+2]. The molecule has 7 heteroatoms. The van der Waals surface area contributed by atoms with Gasteiger partial charge in [-0.1, -0.05) is 43.0 Å². The number of benzene rings is 1. The van der Waals surface area contributed by atoms with Crippen LogP contribution in [0.1, 0.15) is 38.2 Å². The number of urea groups is 1. The van der Waals surface area contributed by atoms with Crippen molar-refractivity contribution in [2.45, 2.75) is 43.7 Å². The van der Waals surface area contributed by atoms with Crippen molar-refractivity contribution in [3.8, 4) is 6.07 Å². The predicted octanol–water partition coefficient (Wildman–Crippen LogP) is 4.79. The maximum Gasteiger partial charge on any atom is 2.00 e. The third kappa shape index (κ3) is 5.46. The first kappa shape index (κ1) is 29.2. The standard InChI is InChI=1S/C25H32N5O.CH3.U/c1-6-21(17-26)18-27-20(3)29-19-24(30(7-2)23(29)31)13-15-25(16-14-24,28(4)5)22-11-9-8-10-12-22;;/h6,8-12,18H,2-3,7,13-16,19H2,1,4-5H3;1H3;/q2*-1;+2/b21-6-,27-18?;;. The molecule has 3 rings (SSSR count). The third-order valence-electron chi connectivity index (χ3n) is 6.99. The Kier molecular flexibility index (Phi) is 10.6. The van der Waals surface area contributed by atoms with Crippen LogP contribution in [0, 0.1) is 56.8 Å². The van der Waals surface area contributed by atoms with Gasteiger partial charge in [0.15, 0.2) is 0 Å². The molecule has 174 valence electrons. The Morgan fingerprint density at radius 2 is 1.88 bits per heavy atom. The zero-order valence-corrected chi connectivity index (χ0v) is 24.5. The zero-order chi connectivity index (χ0) is 22.6. The van der Waals surface area contributed by atoms with Gasteiger partial charge in [-0.2, -0.15) is 5.26 Å². The fourth-order valence-corrected chi connectivity index (χ4v) is 5.01. The summed E-state index contributed by atoms with van der Waals surface area (Å²) in [6, 6.07) is 12.6. The van der Waals surface area contributed by atoms with Crippen LogP contribution >= 0.6 is 0 Å². The minimum Gasteiger partial charge on any atom is -0.358 e. The summed E-state index contributed by atoms with van der Waals surface area (Å²) >= 11 is 0. The van der Waals surface area contributed by atoms with E-state index >= 15 is 0 Å². The van der Waals surface area contributed by atoms with Crippen LogP contribution in [0.25, 0.3) is 0 Å². The van der Waals surface area contributed by atoms with Crippen LogP contribution in [0.5, 0.6) is 0 Å². The van der Waals surface area contributed by atoms with Crippen molar-refractivity contribution in [2.24, 2.45) is 4.99 Å². The maximum absolute atomic E-state index is 13.2. The minimum absolute atomic E-state index is 0. The predicted molar refractivity (Wildman–Crippen MR) is 131 cm³/mol. The fraction of sp³-hybridized carbons (Fsp3) is 0.423. The fourth-order valence-electron chi connectivity index (χ4n) is 5.01. The number of nitrogens with zero attached hydrogens (tertiary/aromatic N) is 5. The Hall–Kier alpha value is -1.86. The van der Waals surface area contributed by atoms with E-state index in [0.29, 0.717) is 24.5 Å². The van der Waals surface area contributed by atoms with Crippen LogP contribution in [0.15, 0.2) is 59.4 Å². The van der Waals surface area contributed by atoms with E-state index in [9.17, 15) is 4.79 Å². The molecule has 0 N–H and O–H groups in total. The molecule has 2 aliphatic rings. The molecule has 1 saturated carbocycles. The average Bonchev–Trinajstić information content (AvgIpc) is 3.06. The quantitative estimate of drug-likeness (QED) is 0.249. The normalized spacial score (nSPS) is 25.2. The van der Waals surface area contributed by atoms with Gasteiger partial charge >= 0.3 is 37.1 Å². The van der Waals surface area contributed by atoms with Crippen molar-refractivity contribution in [1.29, 1.82) is 5.26 Å². The number of hydrogen-bond acceptors (Lipinski definition) is 4. The van der Waals surface area contributed by atoms with Gasteiger partial charge in [-0.05, 0) is 52.3 Å². The minimum atomic E-state index is -0.274. The van der Waals surface area contributed by atoms with Crippen molar-refractivity contribution < 1.29 is 35.9 Å². The van der Waals surface area contributed by atoms with Gasteiger partial charge in [0, 0.05) is 11.8 Å². The van der Waals surface area contributed by atoms with Gasteiger partial charge in [-0.3, -0.25) is 9.80 Å². The van der Waals surface area contributed by atoms with Crippen molar-refractivity contribution in [2.75, 3.05) is 27.2 Å². The van der Waals surface area contributed by atoms with Crippen LogP contribution in [0.2, 0.25) is 0 Å². The first-order valence-electron chi connectivity index (χ1n) is 10.7. The summed E-state index contributed by atoms with van der Waals surface area (Å²) in [5.41, 5.74) is 1.44. The molecule has 0 bridgehead atoms. The molecule has 1 aliphatic heterocycles. The monoisotopic (exact) mass is 671 g/mol. The van der Waals surface area contributed by atoms with Crippen molar-refractivity contribution >= 4 is 12.2 Å². The van der Waals surface area contributed by atoms with Gasteiger partial charge < -0.3 is 19.3 Å². The summed E-state index contributed by atoms with van der Waals surface area (Å²) in [7, 11) is 4.28. The van der Waals surface area contributed by atoms with E-state index in [2.05, 4.69) is 67.8 Å². The Bertz CT molecular complexity index is 924. The molecule has 2 amide bonds. The molecule has 6 nitrogen and oxygen atoms in total. The van der Waals surface area contributed by atoms with E-state index in [1.54, 1.807) is 17.9 Å². The Morgan fingerprint density at radius 3 is 2.36 bits per heavy atom. The number of hydrogen-bond donors (Lipinski definition) is 0. The molecule has 0 unspecified atom stereocenters. The molecule has 1 aromatic carbocycles. The van der Waals surface area contributed by atoms with Crippen LogP contribution in [-0.2, 0) is 5.54 Å². The zero-order valence-electron chi connectivity index (χ0n) is 20.3. The van der Waals surface area contributed by atoms with Gasteiger partial charge in [-0.15, -0.1) is 6.54 Å². The number of carbonyl (C=O) groups is 1. The molecule has 1 aromatic rings. The number of carbonyl (C=O) groups excluding carboxylic acids is 1. The molecule has 1 saturated heterocycles. The summed E-state index contributed by atoms with van der Waals surface area (Å²) in [4.78, 5) is 23.3.